The second-order valence-electron chi connectivity index (χ2n) is 4.91. The Hall–Kier alpha value is -2.23. The molecule has 0 radical (unpaired) electrons. The molecule has 0 aliphatic carbocycles. The Morgan fingerprint density at radius 2 is 2.05 bits per heavy atom. The van der Waals surface area contributed by atoms with E-state index in [1.807, 2.05) is 24.3 Å². The average Bonchev–Trinajstić information content (AvgIpc) is 2.69. The molecule has 0 spiro atoms. The molecule has 1 aliphatic rings. The molecule has 1 amide bonds. The van der Waals surface area contributed by atoms with Gasteiger partial charge in [-0.25, -0.2) is 4.98 Å². The van der Waals surface area contributed by atoms with Crippen molar-refractivity contribution >= 4 is 11.6 Å². The zero-order chi connectivity index (χ0) is 13.9. The van der Waals surface area contributed by atoms with Crippen LogP contribution in [-0.2, 0) is 6.42 Å². The van der Waals surface area contributed by atoms with E-state index in [0.29, 0.717) is 12.1 Å². The number of benzene rings is 1. The number of pyridine rings is 1. The topological polar surface area (TPSA) is 33.2 Å². The molecule has 102 valence electrons. The number of para-hydroxylation sites is 1. The van der Waals surface area contributed by atoms with Crippen molar-refractivity contribution in [2.75, 3.05) is 11.4 Å². The molecule has 0 N–H and O–H groups in total. The maximum Gasteiger partial charge on any atom is 0.258 e. The van der Waals surface area contributed by atoms with Gasteiger partial charge < -0.3 is 4.90 Å². The summed E-state index contributed by atoms with van der Waals surface area (Å²) in [5.41, 5.74) is 2.45. The first-order chi connectivity index (χ1) is 9.75. The van der Waals surface area contributed by atoms with Crippen LogP contribution in [0.5, 0.6) is 0 Å². The largest absolute Gasteiger partial charge is 0.308 e. The zero-order valence-electron chi connectivity index (χ0n) is 11.1. The van der Waals surface area contributed by atoms with Gasteiger partial charge in [-0.1, -0.05) is 18.2 Å². The molecule has 1 aliphatic heterocycles. The van der Waals surface area contributed by atoms with Crippen LogP contribution in [0.2, 0.25) is 0 Å². The van der Waals surface area contributed by atoms with Crippen molar-refractivity contribution in [1.29, 1.82) is 0 Å². The van der Waals surface area contributed by atoms with Crippen LogP contribution in [-0.4, -0.2) is 17.4 Å². The summed E-state index contributed by atoms with van der Waals surface area (Å²) in [6.07, 6.45) is 4.32. The minimum Gasteiger partial charge on any atom is -0.308 e. The van der Waals surface area contributed by atoms with Crippen molar-refractivity contribution in [3.63, 3.8) is 0 Å². The minimum atomic E-state index is -0.626. The molecule has 3 nitrogen and oxygen atoms in total. The van der Waals surface area contributed by atoms with Gasteiger partial charge in [-0.2, -0.15) is 4.39 Å². The van der Waals surface area contributed by atoms with Crippen molar-refractivity contribution in [2.24, 2.45) is 0 Å². The van der Waals surface area contributed by atoms with Crippen molar-refractivity contribution in [2.45, 2.75) is 19.3 Å². The van der Waals surface area contributed by atoms with Crippen molar-refractivity contribution in [3.05, 3.63) is 59.7 Å². The molecule has 0 saturated carbocycles. The monoisotopic (exact) mass is 270 g/mol. The highest BCUT2D eigenvalue weighted by atomic mass is 19.1. The first-order valence-corrected chi connectivity index (χ1v) is 6.77. The molecular weight excluding hydrogens is 255 g/mol. The van der Waals surface area contributed by atoms with Crippen molar-refractivity contribution in [3.8, 4) is 0 Å². The van der Waals surface area contributed by atoms with Gasteiger partial charge in [-0.15, -0.1) is 0 Å². The second kappa shape index (κ2) is 5.41. The Morgan fingerprint density at radius 1 is 1.20 bits per heavy atom. The second-order valence-corrected chi connectivity index (χ2v) is 4.91. The minimum absolute atomic E-state index is 0.166. The lowest BCUT2D eigenvalue weighted by Crippen LogP contribution is -2.31. The number of hydrogen-bond acceptors (Lipinski definition) is 2. The van der Waals surface area contributed by atoms with Crippen molar-refractivity contribution in [1.82, 2.24) is 4.98 Å². The fourth-order valence-electron chi connectivity index (χ4n) is 2.59. The molecule has 3 rings (SSSR count). The van der Waals surface area contributed by atoms with Gasteiger partial charge in [0.25, 0.3) is 5.91 Å². The molecule has 0 saturated heterocycles. The summed E-state index contributed by atoms with van der Waals surface area (Å²) in [6.45, 7) is 0.666. The highest BCUT2D eigenvalue weighted by molar-refractivity contribution is 6.06. The fourth-order valence-corrected chi connectivity index (χ4v) is 2.59. The molecule has 2 heterocycles. The summed E-state index contributed by atoms with van der Waals surface area (Å²) in [5, 5.41) is 0. The SMILES string of the molecule is O=C(c1ccnc(F)c1)N1CCCCc2ccccc21. The number of nitrogens with zero attached hydrogens (tertiary/aromatic N) is 2. The van der Waals surface area contributed by atoms with Gasteiger partial charge in [0, 0.05) is 30.1 Å². The molecule has 0 fully saturated rings. The predicted octanol–water partition coefficient (Wildman–Crippen LogP) is 3.20. The maximum atomic E-state index is 13.2. The Morgan fingerprint density at radius 3 is 2.90 bits per heavy atom. The lowest BCUT2D eigenvalue weighted by molar-refractivity contribution is 0.0986. The van der Waals surface area contributed by atoms with Crippen LogP contribution in [0.15, 0.2) is 42.6 Å². The summed E-state index contributed by atoms with van der Waals surface area (Å²) in [5.74, 6) is -0.792. The van der Waals surface area contributed by atoms with Crippen LogP contribution >= 0.6 is 0 Å². The third-order valence-corrected chi connectivity index (χ3v) is 3.58. The van der Waals surface area contributed by atoms with Crippen LogP contribution < -0.4 is 4.90 Å². The Balaban J connectivity index is 1.99. The highest BCUT2D eigenvalue weighted by Gasteiger charge is 2.22. The molecule has 2 aromatic rings. The smallest absolute Gasteiger partial charge is 0.258 e. The third kappa shape index (κ3) is 2.41. The van der Waals surface area contributed by atoms with Crippen LogP contribution in [0.1, 0.15) is 28.8 Å². The number of amides is 1. The first kappa shape index (κ1) is 12.8. The number of halogens is 1. The normalized spacial score (nSPS) is 14.6. The van der Waals surface area contributed by atoms with Crippen molar-refractivity contribution < 1.29 is 9.18 Å². The predicted molar refractivity (Wildman–Crippen MR) is 75.3 cm³/mol. The number of anilines is 1. The van der Waals surface area contributed by atoms with Crippen LogP contribution in [0, 0.1) is 5.95 Å². The standard InChI is InChI=1S/C16H15FN2O/c17-15-11-13(8-9-18-15)16(20)19-10-4-3-6-12-5-1-2-7-14(12)19/h1-2,5,7-9,11H,3-4,6,10H2. The summed E-state index contributed by atoms with van der Waals surface area (Å²) >= 11 is 0. The molecule has 0 atom stereocenters. The van der Waals surface area contributed by atoms with Crippen LogP contribution in [0.3, 0.4) is 0 Å². The molecule has 1 aromatic heterocycles. The van der Waals surface area contributed by atoms with E-state index >= 15 is 0 Å². The number of fused-ring (bicyclic) bond motifs is 1. The van der Waals surface area contributed by atoms with Gasteiger partial charge in [0.2, 0.25) is 5.95 Å². The van der Waals surface area contributed by atoms with Gasteiger partial charge >= 0.3 is 0 Å². The third-order valence-electron chi connectivity index (χ3n) is 3.58. The number of carbonyl (C=O) groups excluding carboxylic acids is 1. The summed E-state index contributed by atoms with van der Waals surface area (Å²) in [4.78, 5) is 17.8. The quantitative estimate of drug-likeness (QED) is 0.745. The van der Waals surface area contributed by atoms with Gasteiger partial charge in [0.05, 0.1) is 0 Å². The molecule has 1 aromatic carbocycles. The van der Waals surface area contributed by atoms with E-state index in [2.05, 4.69) is 4.98 Å². The number of rotatable bonds is 1. The van der Waals surface area contributed by atoms with E-state index in [0.717, 1.165) is 24.9 Å². The van der Waals surface area contributed by atoms with Crippen LogP contribution in [0.4, 0.5) is 10.1 Å². The van der Waals surface area contributed by atoms with Crippen LogP contribution in [0.25, 0.3) is 0 Å². The van der Waals surface area contributed by atoms with Gasteiger partial charge in [-0.05, 0) is 37.0 Å². The van der Waals surface area contributed by atoms with E-state index in [4.69, 9.17) is 0 Å². The van der Waals surface area contributed by atoms with Gasteiger partial charge in [0.1, 0.15) is 0 Å². The summed E-state index contributed by atoms with van der Waals surface area (Å²) in [6, 6.07) is 10.7. The van der Waals surface area contributed by atoms with Gasteiger partial charge in [-0.3, -0.25) is 4.79 Å². The Bertz CT molecular complexity index is 642. The molecule has 0 unspecified atom stereocenters. The zero-order valence-corrected chi connectivity index (χ0v) is 11.1. The summed E-state index contributed by atoms with van der Waals surface area (Å²) < 4.78 is 13.2. The maximum absolute atomic E-state index is 13.2. The van der Waals surface area contributed by atoms with E-state index in [1.54, 1.807) is 11.0 Å². The van der Waals surface area contributed by atoms with E-state index < -0.39 is 5.95 Å². The number of carbonyl (C=O) groups is 1. The molecule has 0 bridgehead atoms. The van der Waals surface area contributed by atoms with E-state index in [1.165, 1.54) is 17.8 Å². The number of aromatic nitrogens is 1. The average molecular weight is 270 g/mol. The lowest BCUT2D eigenvalue weighted by atomic mass is 10.1. The summed E-state index contributed by atoms with van der Waals surface area (Å²) in [7, 11) is 0. The lowest BCUT2D eigenvalue weighted by Gasteiger charge is -2.22. The molecule has 20 heavy (non-hydrogen) atoms. The highest BCUT2D eigenvalue weighted by Crippen LogP contribution is 2.27. The number of aryl methyl sites for hydroxylation is 1. The molecular formula is C16H15FN2O. The van der Waals surface area contributed by atoms with Gasteiger partial charge in [0.15, 0.2) is 0 Å². The fraction of sp³-hybridized carbons (Fsp3) is 0.250. The number of hydrogen-bond donors (Lipinski definition) is 0. The van der Waals surface area contributed by atoms with E-state index in [-0.39, 0.29) is 5.91 Å². The molecule has 4 heteroatoms. The Kier molecular flexibility index (Phi) is 3.46. The Labute approximate surface area is 117 Å². The first-order valence-electron chi connectivity index (χ1n) is 6.77. The van der Waals surface area contributed by atoms with E-state index in [9.17, 15) is 9.18 Å².